The molecule has 0 aliphatic carbocycles. The van der Waals surface area contributed by atoms with Gasteiger partial charge in [-0.15, -0.1) is 0 Å². The van der Waals surface area contributed by atoms with Gasteiger partial charge in [-0.2, -0.15) is 26.3 Å². The molecule has 6 nitrogen and oxygen atoms in total. The highest BCUT2D eigenvalue weighted by Gasteiger charge is 2.27. The lowest BCUT2D eigenvalue weighted by Crippen LogP contribution is -2.25. The fourth-order valence-electron chi connectivity index (χ4n) is 2.10. The Hall–Kier alpha value is -0.660. The summed E-state index contributed by atoms with van der Waals surface area (Å²) in [5.74, 6) is -0.945. The van der Waals surface area contributed by atoms with Crippen LogP contribution in [0, 0.1) is 17.8 Å². The second-order valence-corrected chi connectivity index (χ2v) is 7.16. The quantitative estimate of drug-likeness (QED) is 0.243. The molecule has 0 aromatic rings. The van der Waals surface area contributed by atoms with Gasteiger partial charge in [0.2, 0.25) is 0 Å². The molecule has 0 saturated carbocycles. The molecule has 0 bridgehead atoms. The molecule has 0 aromatic heterocycles. The number of hydrogen-bond acceptors (Lipinski definition) is 6. The monoisotopic (exact) mass is 458 g/mol. The molecule has 0 saturated heterocycles. The van der Waals surface area contributed by atoms with E-state index in [0.29, 0.717) is 0 Å². The van der Waals surface area contributed by atoms with Crippen LogP contribution >= 0.6 is 0 Å². The number of aliphatic hydroxyl groups excluding tert-OH is 2. The first-order valence-electron chi connectivity index (χ1n) is 9.63. The van der Waals surface area contributed by atoms with Gasteiger partial charge >= 0.3 is 12.4 Å². The van der Waals surface area contributed by atoms with Gasteiger partial charge in [-0.3, -0.25) is 0 Å². The summed E-state index contributed by atoms with van der Waals surface area (Å²) in [5, 5.41) is 18.4. The molecule has 2 atom stereocenters. The summed E-state index contributed by atoms with van der Waals surface area (Å²) >= 11 is 0. The highest BCUT2D eigenvalue weighted by Crippen LogP contribution is 2.20. The van der Waals surface area contributed by atoms with Gasteiger partial charge in [0, 0.05) is 17.8 Å². The van der Waals surface area contributed by atoms with Crippen LogP contribution in [0.25, 0.3) is 0 Å². The van der Waals surface area contributed by atoms with Gasteiger partial charge in [0.1, 0.15) is 0 Å². The molecule has 0 aliphatic rings. The van der Waals surface area contributed by atoms with E-state index in [2.05, 4.69) is 0 Å². The number of aliphatic hydroxyl groups is 2. The van der Waals surface area contributed by atoms with Crippen molar-refractivity contribution in [2.24, 2.45) is 17.8 Å². The van der Waals surface area contributed by atoms with Crippen LogP contribution in [0.3, 0.4) is 0 Å². The van der Waals surface area contributed by atoms with Crippen LogP contribution in [0.1, 0.15) is 19.8 Å². The molecule has 0 amide bonds. The molecule has 0 aliphatic heterocycles. The smallest absolute Gasteiger partial charge is 0.391 e. The van der Waals surface area contributed by atoms with E-state index in [4.69, 9.17) is 18.9 Å². The first-order valence-corrected chi connectivity index (χ1v) is 9.63. The Morgan fingerprint density at radius 3 is 1.23 bits per heavy atom. The molecule has 0 rings (SSSR count). The van der Waals surface area contributed by atoms with E-state index in [0.717, 1.165) is 0 Å². The summed E-state index contributed by atoms with van der Waals surface area (Å²) in [7, 11) is 0. The van der Waals surface area contributed by atoms with Gasteiger partial charge in [0.25, 0.3) is 0 Å². The topological polar surface area (TPSA) is 77.4 Å². The largest absolute Gasteiger partial charge is 0.396 e. The Morgan fingerprint density at radius 2 is 0.933 bits per heavy atom. The number of halogens is 6. The summed E-state index contributed by atoms with van der Waals surface area (Å²) in [4.78, 5) is 0. The maximum atomic E-state index is 12.0. The van der Waals surface area contributed by atoms with Gasteiger partial charge in [-0.25, -0.2) is 0 Å². The molecule has 0 aromatic carbocycles. The lowest BCUT2D eigenvalue weighted by Gasteiger charge is -2.19. The predicted molar refractivity (Wildman–Crippen MR) is 94.9 cm³/mol. The highest BCUT2D eigenvalue weighted by atomic mass is 19.4. The summed E-state index contributed by atoms with van der Waals surface area (Å²) in [6.45, 7) is 0.947. The summed E-state index contributed by atoms with van der Waals surface area (Å²) < 4.78 is 92.8. The minimum Gasteiger partial charge on any atom is -0.396 e. The minimum absolute atomic E-state index is 0.0516. The highest BCUT2D eigenvalue weighted by molar-refractivity contribution is 4.59. The van der Waals surface area contributed by atoms with Crippen LogP contribution < -0.4 is 0 Å². The molecule has 2 unspecified atom stereocenters. The van der Waals surface area contributed by atoms with Crippen LogP contribution in [0.2, 0.25) is 0 Å². The fraction of sp³-hybridized carbons (Fsp3) is 1.00. The van der Waals surface area contributed by atoms with Crippen molar-refractivity contribution in [3.8, 4) is 0 Å². The third-order valence-electron chi connectivity index (χ3n) is 3.80. The Bertz CT molecular complexity index is 372. The van der Waals surface area contributed by atoms with E-state index in [-0.39, 0.29) is 58.8 Å². The van der Waals surface area contributed by atoms with E-state index >= 15 is 0 Å². The maximum absolute atomic E-state index is 12.0. The molecule has 0 spiro atoms. The lowest BCUT2D eigenvalue weighted by atomic mass is 10.2. The second-order valence-electron chi connectivity index (χ2n) is 7.16. The van der Waals surface area contributed by atoms with Crippen molar-refractivity contribution in [3.63, 3.8) is 0 Å². The summed E-state index contributed by atoms with van der Waals surface area (Å²) in [5.41, 5.74) is 0. The number of hydrogen-bond donors (Lipinski definition) is 2. The van der Waals surface area contributed by atoms with Crippen molar-refractivity contribution < 1.29 is 55.5 Å². The van der Waals surface area contributed by atoms with Crippen LogP contribution in [-0.2, 0) is 18.9 Å². The minimum atomic E-state index is -4.29. The first kappa shape index (κ1) is 29.3. The van der Waals surface area contributed by atoms with Crippen molar-refractivity contribution in [1.29, 1.82) is 0 Å². The van der Waals surface area contributed by atoms with Crippen molar-refractivity contribution in [2.45, 2.75) is 32.1 Å². The van der Waals surface area contributed by atoms with Gasteiger partial charge in [-0.1, -0.05) is 6.92 Å². The normalized spacial score (nSPS) is 15.9. The SMILES string of the molecule is CC(COCC(CO)COCCC(F)(F)F)COCC(CO)COCCC(F)(F)F. The van der Waals surface area contributed by atoms with E-state index in [9.17, 15) is 36.6 Å². The molecule has 182 valence electrons. The molecule has 12 heteroatoms. The van der Waals surface area contributed by atoms with Crippen molar-refractivity contribution >= 4 is 0 Å². The number of rotatable bonds is 18. The molecular weight excluding hydrogens is 426 g/mol. The zero-order valence-electron chi connectivity index (χ0n) is 17.0. The van der Waals surface area contributed by atoms with Crippen molar-refractivity contribution in [3.05, 3.63) is 0 Å². The Balaban J connectivity index is 3.82. The average Bonchev–Trinajstić information content (AvgIpc) is 2.63. The number of alkyl halides is 6. The van der Waals surface area contributed by atoms with Gasteiger partial charge in [0.15, 0.2) is 0 Å². The second kappa shape index (κ2) is 16.0. The zero-order valence-corrected chi connectivity index (χ0v) is 17.0. The molecule has 0 heterocycles. The maximum Gasteiger partial charge on any atom is 0.391 e. The molecule has 30 heavy (non-hydrogen) atoms. The third kappa shape index (κ3) is 19.3. The van der Waals surface area contributed by atoms with Crippen LogP contribution in [0.5, 0.6) is 0 Å². The molecule has 0 radical (unpaired) electrons. The Morgan fingerprint density at radius 1 is 0.600 bits per heavy atom. The van der Waals surface area contributed by atoms with Crippen molar-refractivity contribution in [1.82, 2.24) is 0 Å². The van der Waals surface area contributed by atoms with Crippen LogP contribution in [0.15, 0.2) is 0 Å². The van der Waals surface area contributed by atoms with E-state index in [1.54, 1.807) is 0 Å². The first-order chi connectivity index (χ1) is 14.0. The van der Waals surface area contributed by atoms with Gasteiger partial charge < -0.3 is 29.2 Å². The van der Waals surface area contributed by atoms with E-state index < -0.39 is 50.2 Å². The van der Waals surface area contributed by atoms with Gasteiger partial charge in [-0.05, 0) is 0 Å². The number of ether oxygens (including phenoxy) is 4. The molecule has 0 fully saturated rings. The standard InChI is InChI=1S/C18H32F6O6/c1-14(8-29-12-15(6-25)10-27-4-2-17(19,20)21)9-30-13-16(7-26)11-28-5-3-18(22,23)24/h14-16,25-26H,2-13H2,1H3. The Labute approximate surface area is 172 Å². The summed E-state index contributed by atoms with van der Waals surface area (Å²) in [6, 6.07) is 0. The summed E-state index contributed by atoms with van der Waals surface area (Å²) in [6.07, 6.45) is -10.7. The van der Waals surface area contributed by atoms with Crippen LogP contribution in [-0.4, -0.2) is 88.6 Å². The average molecular weight is 458 g/mol. The molecule has 2 N–H and O–H groups in total. The Kier molecular flexibility index (Phi) is 15.7. The fourth-order valence-corrected chi connectivity index (χ4v) is 2.10. The van der Waals surface area contributed by atoms with Crippen LogP contribution in [0.4, 0.5) is 26.3 Å². The molecular formula is C18H32F6O6. The predicted octanol–water partition coefficient (Wildman–Crippen LogP) is 2.81. The van der Waals surface area contributed by atoms with Crippen molar-refractivity contribution in [2.75, 3.05) is 66.1 Å². The van der Waals surface area contributed by atoms with E-state index in [1.807, 2.05) is 6.92 Å². The van der Waals surface area contributed by atoms with E-state index in [1.165, 1.54) is 0 Å². The zero-order chi connectivity index (χ0) is 23.0. The van der Waals surface area contributed by atoms with Gasteiger partial charge in [0.05, 0.1) is 78.9 Å². The lowest BCUT2D eigenvalue weighted by molar-refractivity contribution is -0.147. The third-order valence-corrected chi connectivity index (χ3v) is 3.80.